The lowest BCUT2D eigenvalue weighted by atomic mass is 9.96. The van der Waals surface area contributed by atoms with E-state index < -0.39 is 5.97 Å². The maximum atomic E-state index is 10.8. The first-order valence-corrected chi connectivity index (χ1v) is 6.92. The summed E-state index contributed by atoms with van der Waals surface area (Å²) >= 11 is 0. The van der Waals surface area contributed by atoms with Crippen molar-refractivity contribution < 1.29 is 24.1 Å². The molecule has 0 aromatic carbocycles. The van der Waals surface area contributed by atoms with E-state index in [1.54, 1.807) is 14.0 Å². The monoisotopic (exact) mass is 284 g/mol. The van der Waals surface area contributed by atoms with Crippen LogP contribution in [0.2, 0.25) is 0 Å². The van der Waals surface area contributed by atoms with Crippen molar-refractivity contribution in [3.8, 4) is 0 Å². The van der Waals surface area contributed by atoms with E-state index in [1.165, 1.54) is 0 Å². The molecule has 5 nitrogen and oxygen atoms in total. The van der Waals surface area contributed by atoms with Gasteiger partial charge in [-0.2, -0.15) is 0 Å². The first kappa shape index (κ1) is 16.9. The average Bonchev–Trinajstić information content (AvgIpc) is 2.45. The first-order chi connectivity index (χ1) is 9.65. The number of methoxy groups -OCH3 is 1. The van der Waals surface area contributed by atoms with Crippen LogP contribution >= 0.6 is 0 Å². The maximum Gasteiger partial charge on any atom is 0.306 e. The van der Waals surface area contributed by atoms with Crippen LogP contribution < -0.4 is 0 Å². The van der Waals surface area contributed by atoms with E-state index >= 15 is 0 Å². The van der Waals surface area contributed by atoms with E-state index in [4.69, 9.17) is 19.3 Å². The topological polar surface area (TPSA) is 65.0 Å². The molecule has 20 heavy (non-hydrogen) atoms. The quantitative estimate of drug-likeness (QED) is 0.520. The second kappa shape index (κ2) is 9.69. The number of carboxylic acid groups (broad SMARTS) is 1. The predicted molar refractivity (Wildman–Crippen MR) is 75.4 cm³/mol. The van der Waals surface area contributed by atoms with E-state index in [0.717, 1.165) is 18.4 Å². The molecule has 1 aliphatic rings. The molecule has 0 aromatic heterocycles. The lowest BCUT2D eigenvalue weighted by molar-refractivity contribution is -0.141. The van der Waals surface area contributed by atoms with Crippen LogP contribution in [-0.4, -0.2) is 44.3 Å². The molecule has 0 fully saturated rings. The largest absolute Gasteiger partial charge is 0.481 e. The van der Waals surface area contributed by atoms with E-state index in [2.05, 4.69) is 6.08 Å². The van der Waals surface area contributed by atoms with Crippen LogP contribution in [0.1, 0.15) is 26.2 Å². The molecule has 0 spiro atoms. The molecule has 0 unspecified atom stereocenters. The molecule has 0 heterocycles. The van der Waals surface area contributed by atoms with Gasteiger partial charge in [-0.25, -0.2) is 0 Å². The second-order valence-corrected chi connectivity index (χ2v) is 4.83. The van der Waals surface area contributed by atoms with Crippen LogP contribution in [0.3, 0.4) is 0 Å². The van der Waals surface area contributed by atoms with E-state index in [0.29, 0.717) is 19.6 Å². The van der Waals surface area contributed by atoms with Gasteiger partial charge >= 0.3 is 5.97 Å². The lowest BCUT2D eigenvalue weighted by Crippen LogP contribution is -2.20. The van der Waals surface area contributed by atoms with Gasteiger partial charge in [0.25, 0.3) is 0 Å². The van der Waals surface area contributed by atoms with Crippen LogP contribution in [-0.2, 0) is 19.0 Å². The zero-order valence-corrected chi connectivity index (χ0v) is 12.2. The Kier molecular flexibility index (Phi) is 8.18. The van der Waals surface area contributed by atoms with Crippen LogP contribution in [0.4, 0.5) is 0 Å². The minimum absolute atomic E-state index is 0.0106. The van der Waals surface area contributed by atoms with Crippen LogP contribution in [0, 0.1) is 5.92 Å². The summed E-state index contributed by atoms with van der Waals surface area (Å²) in [5.74, 6) is -1.15. The molecule has 0 amide bonds. The van der Waals surface area contributed by atoms with Crippen molar-refractivity contribution in [2.75, 3.05) is 27.1 Å². The standard InChI is InChI=1S/C15H24O5/c1-12(15(16)17)7-8-13-5-3-4-6-14(13)20-11-19-10-9-18-2/h3,5,8,12,14H,4,6-7,9-11H2,1-2H3,(H,16,17)/b13-8+/t12-,14-/m1/s1. The molecular weight excluding hydrogens is 260 g/mol. The zero-order valence-electron chi connectivity index (χ0n) is 12.2. The first-order valence-electron chi connectivity index (χ1n) is 6.92. The Bertz CT molecular complexity index is 348. The van der Waals surface area contributed by atoms with Crippen molar-refractivity contribution in [3.63, 3.8) is 0 Å². The Morgan fingerprint density at radius 2 is 2.35 bits per heavy atom. The Morgan fingerprint density at radius 1 is 1.55 bits per heavy atom. The summed E-state index contributed by atoms with van der Waals surface area (Å²) in [5, 5.41) is 8.89. The highest BCUT2D eigenvalue weighted by molar-refractivity contribution is 5.69. The van der Waals surface area contributed by atoms with E-state index in [9.17, 15) is 4.79 Å². The summed E-state index contributed by atoms with van der Waals surface area (Å²) in [5.41, 5.74) is 1.04. The van der Waals surface area contributed by atoms with Crippen molar-refractivity contribution in [3.05, 3.63) is 23.8 Å². The second-order valence-electron chi connectivity index (χ2n) is 4.83. The summed E-state index contributed by atoms with van der Waals surface area (Å²) in [4.78, 5) is 10.8. The van der Waals surface area contributed by atoms with Gasteiger partial charge in [-0.1, -0.05) is 25.2 Å². The van der Waals surface area contributed by atoms with Crippen LogP contribution in [0.15, 0.2) is 23.8 Å². The Morgan fingerprint density at radius 3 is 3.05 bits per heavy atom. The maximum absolute atomic E-state index is 10.8. The van der Waals surface area contributed by atoms with Gasteiger partial charge in [0.1, 0.15) is 6.79 Å². The van der Waals surface area contributed by atoms with Crippen molar-refractivity contribution in [1.82, 2.24) is 0 Å². The molecule has 5 heteroatoms. The van der Waals surface area contributed by atoms with Crippen molar-refractivity contribution in [2.45, 2.75) is 32.3 Å². The fourth-order valence-electron chi connectivity index (χ4n) is 1.87. The van der Waals surface area contributed by atoms with Gasteiger partial charge in [0.2, 0.25) is 0 Å². The molecule has 0 aliphatic heterocycles. The normalized spacial score (nSPS) is 22.1. The van der Waals surface area contributed by atoms with Gasteiger partial charge in [0.15, 0.2) is 0 Å². The van der Waals surface area contributed by atoms with Gasteiger partial charge in [-0.3, -0.25) is 4.79 Å². The van der Waals surface area contributed by atoms with Crippen molar-refractivity contribution in [2.24, 2.45) is 5.92 Å². The number of carboxylic acids is 1. The number of carbonyl (C=O) groups is 1. The van der Waals surface area contributed by atoms with Crippen molar-refractivity contribution >= 4 is 5.97 Å². The molecule has 0 saturated heterocycles. The summed E-state index contributed by atoms with van der Waals surface area (Å²) < 4.78 is 15.9. The molecular formula is C15H24O5. The SMILES string of the molecule is COCCOCO[C@@H]1CCC=C/C1=C\C[C@@H](C)C(=O)O. The molecule has 0 aromatic rings. The fourth-order valence-corrected chi connectivity index (χ4v) is 1.87. The summed E-state index contributed by atoms with van der Waals surface area (Å²) in [6.07, 6.45) is 8.42. The molecule has 1 aliphatic carbocycles. The van der Waals surface area contributed by atoms with Gasteiger partial charge in [-0.15, -0.1) is 0 Å². The highest BCUT2D eigenvalue weighted by Crippen LogP contribution is 2.22. The third-order valence-corrected chi connectivity index (χ3v) is 3.19. The predicted octanol–water partition coefficient (Wildman–Crippen LogP) is 2.38. The van der Waals surface area contributed by atoms with Crippen molar-refractivity contribution in [1.29, 1.82) is 0 Å². The summed E-state index contributed by atoms with van der Waals surface area (Å²) in [6.45, 7) is 2.99. The molecule has 2 atom stereocenters. The lowest BCUT2D eigenvalue weighted by Gasteiger charge is -2.22. The Labute approximate surface area is 120 Å². The Balaban J connectivity index is 2.41. The number of aliphatic carboxylic acids is 1. The number of rotatable bonds is 9. The van der Waals surface area contributed by atoms with Gasteiger partial charge in [-0.05, 0) is 24.8 Å². The molecule has 0 bridgehead atoms. The van der Waals surface area contributed by atoms with Gasteiger partial charge in [0, 0.05) is 7.11 Å². The molecule has 1 rings (SSSR count). The van der Waals surface area contributed by atoms with Crippen LogP contribution in [0.5, 0.6) is 0 Å². The number of hydrogen-bond donors (Lipinski definition) is 1. The van der Waals surface area contributed by atoms with E-state index in [1.807, 2.05) is 12.2 Å². The van der Waals surface area contributed by atoms with Crippen LogP contribution in [0.25, 0.3) is 0 Å². The third-order valence-electron chi connectivity index (χ3n) is 3.19. The minimum Gasteiger partial charge on any atom is -0.481 e. The third kappa shape index (κ3) is 6.32. The highest BCUT2D eigenvalue weighted by atomic mass is 16.7. The zero-order chi connectivity index (χ0) is 14.8. The smallest absolute Gasteiger partial charge is 0.306 e. The van der Waals surface area contributed by atoms with Gasteiger partial charge < -0.3 is 19.3 Å². The Hall–Kier alpha value is -1.17. The highest BCUT2D eigenvalue weighted by Gasteiger charge is 2.17. The summed E-state index contributed by atoms with van der Waals surface area (Å²) in [7, 11) is 1.63. The molecule has 114 valence electrons. The number of allylic oxidation sites excluding steroid dienone is 2. The fraction of sp³-hybridized carbons (Fsp3) is 0.667. The minimum atomic E-state index is -0.776. The molecule has 0 radical (unpaired) electrons. The van der Waals surface area contributed by atoms with Gasteiger partial charge in [0.05, 0.1) is 25.2 Å². The summed E-state index contributed by atoms with van der Waals surface area (Å²) in [6, 6.07) is 0. The molecule has 0 saturated carbocycles. The van der Waals surface area contributed by atoms with E-state index in [-0.39, 0.29) is 18.8 Å². The number of hydrogen-bond acceptors (Lipinski definition) is 4. The average molecular weight is 284 g/mol. The molecule has 1 N–H and O–H groups in total. The number of ether oxygens (including phenoxy) is 3.